The Hall–Kier alpha value is -2.99. The average molecular weight is 362 g/mol. The fourth-order valence-corrected chi connectivity index (χ4v) is 3.45. The highest BCUT2D eigenvalue weighted by molar-refractivity contribution is 5.95. The highest BCUT2D eigenvalue weighted by Crippen LogP contribution is 2.25. The van der Waals surface area contributed by atoms with E-state index in [0.717, 1.165) is 30.6 Å². The van der Waals surface area contributed by atoms with Gasteiger partial charge >= 0.3 is 0 Å². The van der Waals surface area contributed by atoms with Gasteiger partial charge in [-0.15, -0.1) is 0 Å². The molecule has 1 amide bonds. The van der Waals surface area contributed by atoms with Crippen molar-refractivity contribution in [2.75, 3.05) is 19.6 Å². The average Bonchev–Trinajstić information content (AvgIpc) is 3.28. The van der Waals surface area contributed by atoms with Crippen LogP contribution in [0.4, 0.5) is 0 Å². The number of carbonyl (C=O) groups excluding carboxylic acids is 1. The molecule has 1 aliphatic heterocycles. The van der Waals surface area contributed by atoms with Crippen LogP contribution in [0.2, 0.25) is 0 Å². The molecule has 0 bridgehead atoms. The van der Waals surface area contributed by atoms with E-state index >= 15 is 0 Å². The first kappa shape index (κ1) is 17.4. The lowest BCUT2D eigenvalue weighted by Gasteiger charge is -2.36. The Balaban J connectivity index is 1.56. The number of aryl methyl sites for hydroxylation is 1. The molecule has 0 spiro atoms. The minimum absolute atomic E-state index is 0.0361. The van der Waals surface area contributed by atoms with Crippen molar-refractivity contribution in [3.63, 3.8) is 0 Å². The molecular formula is C21H22N4O2. The Morgan fingerprint density at radius 1 is 1.19 bits per heavy atom. The third kappa shape index (κ3) is 3.61. The maximum absolute atomic E-state index is 13.2. The highest BCUT2D eigenvalue weighted by atomic mass is 16.5. The molecule has 1 fully saturated rings. The predicted octanol–water partition coefficient (Wildman–Crippen LogP) is 3.09. The van der Waals surface area contributed by atoms with Gasteiger partial charge in [0, 0.05) is 30.8 Å². The topological polar surface area (TPSA) is 71.3 Å². The zero-order chi connectivity index (χ0) is 18.6. The molecule has 3 aromatic rings. The zero-order valence-electron chi connectivity index (χ0n) is 15.3. The normalized spacial score (nSPS) is 17.1. The summed E-state index contributed by atoms with van der Waals surface area (Å²) in [6.45, 7) is 4.39. The molecule has 4 rings (SSSR count). The van der Waals surface area contributed by atoms with Crippen molar-refractivity contribution in [2.45, 2.75) is 19.4 Å². The van der Waals surface area contributed by atoms with Gasteiger partial charge in [-0.1, -0.05) is 48.5 Å². The standard InChI is InChI=1S/C21H22N4O2/c1-2-15-3-5-16(6-4-15)19-13-22-11-12-25(19)21(26)18-9-7-17(8-10-18)20-23-14-27-24-20/h3-10,14,19,22H,2,11-13H2,1H3. The number of nitrogens with one attached hydrogen (secondary N) is 1. The number of carbonyl (C=O) groups is 1. The van der Waals surface area contributed by atoms with Gasteiger partial charge in [0.1, 0.15) is 0 Å². The van der Waals surface area contributed by atoms with E-state index < -0.39 is 0 Å². The number of nitrogens with zero attached hydrogens (tertiary/aromatic N) is 3. The SMILES string of the molecule is CCc1ccc(C2CNCCN2C(=O)c2ccc(-c3ncon3)cc2)cc1. The van der Waals surface area contributed by atoms with E-state index in [1.54, 1.807) is 0 Å². The van der Waals surface area contributed by atoms with E-state index in [0.29, 0.717) is 17.9 Å². The van der Waals surface area contributed by atoms with Crippen molar-refractivity contribution in [3.8, 4) is 11.4 Å². The Labute approximate surface area is 158 Å². The van der Waals surface area contributed by atoms with Gasteiger partial charge < -0.3 is 14.7 Å². The van der Waals surface area contributed by atoms with E-state index in [-0.39, 0.29) is 11.9 Å². The molecule has 27 heavy (non-hydrogen) atoms. The summed E-state index contributed by atoms with van der Waals surface area (Å²) in [7, 11) is 0. The molecule has 1 unspecified atom stereocenters. The maximum Gasteiger partial charge on any atom is 0.254 e. The summed E-state index contributed by atoms with van der Waals surface area (Å²) in [6.07, 6.45) is 2.31. The van der Waals surface area contributed by atoms with Crippen molar-refractivity contribution in [1.82, 2.24) is 20.4 Å². The van der Waals surface area contributed by atoms with Crippen molar-refractivity contribution in [3.05, 3.63) is 71.6 Å². The Kier molecular flexibility index (Phi) is 4.98. The summed E-state index contributed by atoms with van der Waals surface area (Å²) in [5.41, 5.74) is 3.96. The second-order valence-corrected chi connectivity index (χ2v) is 6.65. The second-order valence-electron chi connectivity index (χ2n) is 6.65. The van der Waals surface area contributed by atoms with Gasteiger partial charge in [0.2, 0.25) is 12.2 Å². The molecule has 2 aromatic carbocycles. The van der Waals surface area contributed by atoms with E-state index in [2.05, 4.69) is 46.6 Å². The van der Waals surface area contributed by atoms with Crippen LogP contribution in [0.3, 0.4) is 0 Å². The summed E-state index contributed by atoms with van der Waals surface area (Å²) in [5.74, 6) is 0.561. The molecule has 1 saturated heterocycles. The number of rotatable bonds is 4. The lowest BCUT2D eigenvalue weighted by atomic mass is 9.99. The van der Waals surface area contributed by atoms with Crippen molar-refractivity contribution in [2.24, 2.45) is 0 Å². The third-order valence-electron chi connectivity index (χ3n) is 5.03. The van der Waals surface area contributed by atoms with Crippen LogP contribution in [0.5, 0.6) is 0 Å². The lowest BCUT2D eigenvalue weighted by molar-refractivity contribution is 0.0634. The Morgan fingerprint density at radius 2 is 1.96 bits per heavy atom. The summed E-state index contributed by atoms with van der Waals surface area (Å²) < 4.78 is 4.78. The fraction of sp³-hybridized carbons (Fsp3) is 0.286. The van der Waals surface area contributed by atoms with E-state index in [1.165, 1.54) is 12.0 Å². The van der Waals surface area contributed by atoms with Crippen LogP contribution in [0.25, 0.3) is 11.4 Å². The van der Waals surface area contributed by atoms with Gasteiger partial charge in [0.15, 0.2) is 0 Å². The molecule has 2 heterocycles. The monoisotopic (exact) mass is 362 g/mol. The zero-order valence-corrected chi connectivity index (χ0v) is 15.3. The fourth-order valence-electron chi connectivity index (χ4n) is 3.45. The molecule has 1 aliphatic rings. The Bertz CT molecular complexity index is 889. The van der Waals surface area contributed by atoms with Gasteiger partial charge in [-0.25, -0.2) is 0 Å². The third-order valence-corrected chi connectivity index (χ3v) is 5.03. The molecule has 138 valence electrons. The summed E-state index contributed by atoms with van der Waals surface area (Å²) in [4.78, 5) is 19.1. The minimum atomic E-state index is 0.0361. The number of benzene rings is 2. The van der Waals surface area contributed by atoms with Crippen molar-refractivity contribution >= 4 is 5.91 Å². The van der Waals surface area contributed by atoms with Gasteiger partial charge in [-0.3, -0.25) is 4.79 Å². The summed E-state index contributed by atoms with van der Waals surface area (Å²) >= 11 is 0. The number of amides is 1. The van der Waals surface area contributed by atoms with Gasteiger partial charge in [0.05, 0.1) is 6.04 Å². The quantitative estimate of drug-likeness (QED) is 0.772. The van der Waals surface area contributed by atoms with Gasteiger partial charge in [-0.2, -0.15) is 4.98 Å². The lowest BCUT2D eigenvalue weighted by Crippen LogP contribution is -2.48. The summed E-state index contributed by atoms with van der Waals surface area (Å²) in [6, 6.07) is 16.0. The first-order valence-corrected chi connectivity index (χ1v) is 9.23. The smallest absolute Gasteiger partial charge is 0.254 e. The molecule has 0 saturated carbocycles. The van der Waals surface area contributed by atoms with Crippen LogP contribution in [0, 0.1) is 0 Å². The Morgan fingerprint density at radius 3 is 2.63 bits per heavy atom. The van der Waals surface area contributed by atoms with Crippen LogP contribution >= 0.6 is 0 Å². The number of aromatic nitrogens is 2. The minimum Gasteiger partial charge on any atom is -0.342 e. The van der Waals surface area contributed by atoms with Crippen LogP contribution in [0.15, 0.2) is 59.4 Å². The van der Waals surface area contributed by atoms with Crippen LogP contribution in [-0.2, 0) is 6.42 Å². The first-order chi connectivity index (χ1) is 13.3. The summed E-state index contributed by atoms with van der Waals surface area (Å²) in [5, 5.41) is 7.23. The molecule has 0 radical (unpaired) electrons. The predicted molar refractivity (Wildman–Crippen MR) is 102 cm³/mol. The molecule has 6 heteroatoms. The largest absolute Gasteiger partial charge is 0.342 e. The van der Waals surface area contributed by atoms with E-state index in [1.807, 2.05) is 29.2 Å². The van der Waals surface area contributed by atoms with E-state index in [4.69, 9.17) is 4.52 Å². The van der Waals surface area contributed by atoms with Gasteiger partial charge in [0.25, 0.3) is 5.91 Å². The van der Waals surface area contributed by atoms with Crippen LogP contribution in [0.1, 0.15) is 34.5 Å². The van der Waals surface area contributed by atoms with Crippen molar-refractivity contribution < 1.29 is 9.32 Å². The molecule has 6 nitrogen and oxygen atoms in total. The molecule has 1 aromatic heterocycles. The molecule has 1 atom stereocenters. The van der Waals surface area contributed by atoms with Gasteiger partial charge in [-0.05, 0) is 29.7 Å². The molecular weight excluding hydrogens is 340 g/mol. The number of hydrogen-bond acceptors (Lipinski definition) is 5. The number of piperazine rings is 1. The maximum atomic E-state index is 13.2. The van der Waals surface area contributed by atoms with Crippen LogP contribution in [-0.4, -0.2) is 40.6 Å². The van der Waals surface area contributed by atoms with Crippen LogP contribution < -0.4 is 5.32 Å². The second kappa shape index (κ2) is 7.72. The van der Waals surface area contributed by atoms with E-state index in [9.17, 15) is 4.79 Å². The highest BCUT2D eigenvalue weighted by Gasteiger charge is 2.28. The number of hydrogen-bond donors (Lipinski definition) is 1. The first-order valence-electron chi connectivity index (χ1n) is 9.23. The van der Waals surface area contributed by atoms with Crippen molar-refractivity contribution in [1.29, 1.82) is 0 Å². The molecule has 0 aliphatic carbocycles. The molecule has 1 N–H and O–H groups in total.